The first-order chi connectivity index (χ1) is 11.6. The number of sulfonamides is 1. The molecule has 0 unspecified atom stereocenters. The summed E-state index contributed by atoms with van der Waals surface area (Å²) in [5.41, 5.74) is 0.542. The highest BCUT2D eigenvalue weighted by Gasteiger charge is 2.25. The molecule has 1 N–H and O–H groups in total. The van der Waals surface area contributed by atoms with Gasteiger partial charge < -0.3 is 4.90 Å². The predicted molar refractivity (Wildman–Crippen MR) is 91.0 cm³/mol. The maximum atomic E-state index is 12.4. The summed E-state index contributed by atoms with van der Waals surface area (Å²) >= 11 is 0. The second-order valence-corrected chi connectivity index (χ2v) is 7.40. The van der Waals surface area contributed by atoms with Gasteiger partial charge in [-0.1, -0.05) is 18.2 Å². The summed E-state index contributed by atoms with van der Waals surface area (Å²) < 4.78 is 27.5. The fraction of sp³-hybridized carbons (Fsp3) is 0.294. The van der Waals surface area contributed by atoms with Crippen molar-refractivity contribution in [1.82, 2.24) is 9.71 Å². The number of nitriles is 1. The van der Waals surface area contributed by atoms with Crippen LogP contribution in [0.3, 0.4) is 0 Å². The third-order valence-corrected chi connectivity index (χ3v) is 5.61. The van der Waals surface area contributed by atoms with Gasteiger partial charge in [-0.3, -0.25) is 0 Å². The molecule has 3 rings (SSSR count). The van der Waals surface area contributed by atoms with Gasteiger partial charge in [0.05, 0.1) is 10.5 Å². The van der Waals surface area contributed by atoms with Crippen LogP contribution in [0.2, 0.25) is 0 Å². The van der Waals surface area contributed by atoms with Gasteiger partial charge in [0, 0.05) is 25.3 Å². The lowest BCUT2D eigenvalue weighted by Crippen LogP contribution is -2.45. The zero-order valence-corrected chi connectivity index (χ0v) is 13.9. The molecule has 2 aromatic rings. The number of benzene rings is 1. The molecule has 24 heavy (non-hydrogen) atoms. The van der Waals surface area contributed by atoms with E-state index in [0.29, 0.717) is 37.3 Å². The zero-order chi connectivity index (χ0) is 17.0. The van der Waals surface area contributed by atoms with E-state index in [-0.39, 0.29) is 10.9 Å². The highest BCUT2D eigenvalue weighted by Crippen LogP contribution is 2.22. The number of aromatic nitrogens is 1. The number of anilines is 1. The van der Waals surface area contributed by atoms with E-state index in [1.807, 2.05) is 4.90 Å². The van der Waals surface area contributed by atoms with Crippen molar-refractivity contribution in [3.63, 3.8) is 0 Å². The second-order valence-electron chi connectivity index (χ2n) is 5.68. The van der Waals surface area contributed by atoms with Crippen molar-refractivity contribution >= 4 is 15.8 Å². The molecule has 1 aromatic carbocycles. The Morgan fingerprint density at radius 2 is 1.83 bits per heavy atom. The summed E-state index contributed by atoms with van der Waals surface area (Å²) in [6.07, 6.45) is 3.02. The first-order valence-corrected chi connectivity index (χ1v) is 9.26. The van der Waals surface area contributed by atoms with Crippen LogP contribution < -0.4 is 9.62 Å². The summed E-state index contributed by atoms with van der Waals surface area (Å²) in [4.78, 5) is 6.60. The van der Waals surface area contributed by atoms with Crippen molar-refractivity contribution < 1.29 is 8.42 Å². The highest BCUT2D eigenvalue weighted by atomic mass is 32.2. The van der Waals surface area contributed by atoms with Gasteiger partial charge in [-0.2, -0.15) is 5.26 Å². The molecule has 0 atom stereocenters. The Labute approximate surface area is 141 Å². The number of pyridine rings is 1. The number of nitrogens with zero attached hydrogens (tertiary/aromatic N) is 3. The summed E-state index contributed by atoms with van der Waals surface area (Å²) in [5.74, 6) is 0.671. The van der Waals surface area contributed by atoms with Gasteiger partial charge in [0.15, 0.2) is 0 Å². The minimum Gasteiger partial charge on any atom is -0.355 e. The van der Waals surface area contributed by atoms with Gasteiger partial charge in [-0.05, 0) is 37.1 Å². The van der Waals surface area contributed by atoms with Crippen LogP contribution in [-0.2, 0) is 10.0 Å². The van der Waals surface area contributed by atoms with E-state index in [0.717, 1.165) is 0 Å². The van der Waals surface area contributed by atoms with Crippen LogP contribution in [-0.4, -0.2) is 32.5 Å². The smallest absolute Gasteiger partial charge is 0.240 e. The van der Waals surface area contributed by atoms with Crippen molar-refractivity contribution in [2.75, 3.05) is 18.0 Å². The highest BCUT2D eigenvalue weighted by molar-refractivity contribution is 7.89. The Bertz CT molecular complexity index is 838. The summed E-state index contributed by atoms with van der Waals surface area (Å²) in [7, 11) is -3.49. The largest absolute Gasteiger partial charge is 0.355 e. The molecule has 0 aliphatic carbocycles. The normalized spacial score (nSPS) is 15.9. The van der Waals surface area contributed by atoms with Crippen LogP contribution >= 0.6 is 0 Å². The lowest BCUT2D eigenvalue weighted by molar-refractivity contribution is 0.458. The van der Waals surface area contributed by atoms with Gasteiger partial charge in [0.25, 0.3) is 0 Å². The lowest BCUT2D eigenvalue weighted by Gasteiger charge is -2.33. The van der Waals surface area contributed by atoms with Crippen molar-refractivity contribution in [3.8, 4) is 6.07 Å². The number of hydrogen-bond donors (Lipinski definition) is 1. The number of hydrogen-bond acceptors (Lipinski definition) is 5. The third kappa shape index (κ3) is 3.55. The van der Waals surface area contributed by atoms with E-state index < -0.39 is 10.0 Å². The molecule has 0 amide bonds. The fourth-order valence-corrected chi connectivity index (χ4v) is 4.16. The predicted octanol–water partition coefficient (Wildman–Crippen LogP) is 1.90. The molecule has 0 bridgehead atoms. The molecule has 0 radical (unpaired) electrons. The topological polar surface area (TPSA) is 86.1 Å². The number of nitrogens with one attached hydrogen (secondary N) is 1. The average Bonchev–Trinajstić information content (AvgIpc) is 2.63. The van der Waals surface area contributed by atoms with Gasteiger partial charge in [0.2, 0.25) is 10.0 Å². The van der Waals surface area contributed by atoms with Crippen LogP contribution in [0.1, 0.15) is 18.4 Å². The molecule has 7 heteroatoms. The Hall–Kier alpha value is -2.43. The van der Waals surface area contributed by atoms with Gasteiger partial charge >= 0.3 is 0 Å². The van der Waals surface area contributed by atoms with Crippen LogP contribution in [0.15, 0.2) is 53.6 Å². The molecule has 124 valence electrons. The second kappa shape index (κ2) is 6.99. The van der Waals surface area contributed by atoms with E-state index in [1.165, 1.54) is 0 Å². The van der Waals surface area contributed by atoms with Crippen molar-refractivity contribution in [1.29, 1.82) is 5.26 Å². The van der Waals surface area contributed by atoms with E-state index >= 15 is 0 Å². The Balaban J connectivity index is 1.65. The first kappa shape index (κ1) is 16.4. The maximum absolute atomic E-state index is 12.4. The van der Waals surface area contributed by atoms with Crippen molar-refractivity contribution in [2.24, 2.45) is 0 Å². The van der Waals surface area contributed by atoms with E-state index in [1.54, 1.807) is 48.7 Å². The lowest BCUT2D eigenvalue weighted by atomic mass is 10.1. The number of rotatable bonds is 4. The monoisotopic (exact) mass is 342 g/mol. The standard InChI is InChI=1S/C17H18N4O2S/c18-13-14-5-4-10-19-17(14)21-11-8-15(9-12-21)20-24(22,23)16-6-2-1-3-7-16/h1-7,10,15,20H,8-9,11-12H2. The minimum absolute atomic E-state index is 0.110. The molecular weight excluding hydrogens is 324 g/mol. The van der Waals surface area contributed by atoms with E-state index in [4.69, 9.17) is 0 Å². The summed E-state index contributed by atoms with van der Waals surface area (Å²) in [5, 5.41) is 9.17. The van der Waals surface area contributed by atoms with Crippen molar-refractivity contribution in [3.05, 3.63) is 54.2 Å². The Morgan fingerprint density at radius 1 is 1.12 bits per heavy atom. The third-order valence-electron chi connectivity index (χ3n) is 4.08. The van der Waals surface area contributed by atoms with Crippen LogP contribution in [0, 0.1) is 11.3 Å². The maximum Gasteiger partial charge on any atom is 0.240 e. The minimum atomic E-state index is -3.49. The fourth-order valence-electron chi connectivity index (χ4n) is 2.83. The summed E-state index contributed by atoms with van der Waals surface area (Å²) in [6.45, 7) is 1.32. The quantitative estimate of drug-likeness (QED) is 0.917. The van der Waals surface area contributed by atoms with Crippen LogP contribution in [0.4, 0.5) is 5.82 Å². The van der Waals surface area contributed by atoms with Crippen LogP contribution in [0.5, 0.6) is 0 Å². The zero-order valence-electron chi connectivity index (χ0n) is 13.1. The molecule has 2 heterocycles. The summed E-state index contributed by atoms with van der Waals surface area (Å²) in [6, 6.07) is 13.9. The first-order valence-electron chi connectivity index (χ1n) is 7.77. The Morgan fingerprint density at radius 3 is 2.50 bits per heavy atom. The Kier molecular flexibility index (Phi) is 4.79. The molecule has 0 saturated carbocycles. The van der Waals surface area contributed by atoms with E-state index in [2.05, 4.69) is 15.8 Å². The van der Waals surface area contributed by atoms with Crippen molar-refractivity contribution in [2.45, 2.75) is 23.8 Å². The molecule has 0 spiro atoms. The molecule has 1 fully saturated rings. The van der Waals surface area contributed by atoms with Gasteiger partial charge in [-0.15, -0.1) is 0 Å². The molecule has 1 aromatic heterocycles. The average molecular weight is 342 g/mol. The number of piperidine rings is 1. The molecule has 1 saturated heterocycles. The van der Waals surface area contributed by atoms with E-state index in [9.17, 15) is 13.7 Å². The SMILES string of the molecule is N#Cc1cccnc1N1CCC(NS(=O)(=O)c2ccccc2)CC1. The van der Waals surface area contributed by atoms with Gasteiger partial charge in [0.1, 0.15) is 11.9 Å². The molecule has 1 aliphatic rings. The molecule has 6 nitrogen and oxygen atoms in total. The van der Waals surface area contributed by atoms with Gasteiger partial charge in [-0.25, -0.2) is 18.1 Å². The molecular formula is C17H18N4O2S. The van der Waals surface area contributed by atoms with Crippen LogP contribution in [0.25, 0.3) is 0 Å². The molecule has 1 aliphatic heterocycles.